The Morgan fingerprint density at radius 3 is 2.45 bits per heavy atom. The van der Waals surface area contributed by atoms with Crippen LogP contribution in [0.1, 0.15) is 50.1 Å². The first-order valence-corrected chi connectivity index (χ1v) is 12.3. The number of nitriles is 1. The number of sulfonamides is 1. The van der Waals surface area contributed by atoms with Crippen molar-refractivity contribution in [3.63, 3.8) is 0 Å². The van der Waals surface area contributed by atoms with Gasteiger partial charge in [-0.15, -0.1) is 0 Å². The second-order valence-corrected chi connectivity index (χ2v) is 10.4. The maximum atomic E-state index is 12.8. The Hall–Kier alpha value is -2.72. The third kappa shape index (κ3) is 5.11. The largest absolute Gasteiger partial charge is 0.404 e. The molecule has 0 radical (unpaired) electrons. The lowest BCUT2D eigenvalue weighted by molar-refractivity contribution is -0.107. The van der Waals surface area contributed by atoms with Crippen LogP contribution in [0.25, 0.3) is 11.0 Å². The van der Waals surface area contributed by atoms with Crippen LogP contribution in [-0.4, -0.2) is 58.3 Å². The Kier molecular flexibility index (Phi) is 6.32. The lowest BCUT2D eigenvalue weighted by Crippen LogP contribution is -2.45. The van der Waals surface area contributed by atoms with Crippen LogP contribution in [-0.2, 0) is 10.0 Å². The Labute approximate surface area is 188 Å². The first kappa shape index (κ1) is 23.4. The molecular formula is C20H23F3N6O3S. The van der Waals surface area contributed by atoms with Crippen molar-refractivity contribution in [1.82, 2.24) is 18.8 Å². The monoisotopic (exact) mass is 484 g/mol. The summed E-state index contributed by atoms with van der Waals surface area (Å²) in [6.45, 7) is -0.0794. The summed E-state index contributed by atoms with van der Waals surface area (Å²) >= 11 is 0. The molecule has 1 N–H and O–H groups in total. The number of hydrogen-bond acceptors (Lipinski definition) is 7. The first-order chi connectivity index (χ1) is 15.6. The van der Waals surface area contributed by atoms with Gasteiger partial charge in [0.1, 0.15) is 17.3 Å². The van der Waals surface area contributed by atoms with Crippen molar-refractivity contribution >= 4 is 27.0 Å². The van der Waals surface area contributed by atoms with Gasteiger partial charge in [0, 0.05) is 36.8 Å². The summed E-state index contributed by atoms with van der Waals surface area (Å²) < 4.78 is 64.0. The van der Waals surface area contributed by atoms with E-state index in [4.69, 9.17) is 0 Å². The van der Waals surface area contributed by atoms with E-state index >= 15 is 0 Å². The van der Waals surface area contributed by atoms with Crippen molar-refractivity contribution in [3.8, 4) is 6.07 Å². The van der Waals surface area contributed by atoms with Gasteiger partial charge >= 0.3 is 6.18 Å². The van der Waals surface area contributed by atoms with Crippen molar-refractivity contribution in [2.24, 2.45) is 0 Å². The summed E-state index contributed by atoms with van der Waals surface area (Å²) in [5.74, 6) is -1.62. The van der Waals surface area contributed by atoms with Crippen molar-refractivity contribution in [2.45, 2.75) is 56.8 Å². The molecule has 1 saturated heterocycles. The van der Waals surface area contributed by atoms with Crippen LogP contribution in [0.3, 0.4) is 0 Å². The number of alkyl halides is 3. The van der Waals surface area contributed by atoms with E-state index in [-0.39, 0.29) is 42.2 Å². The molecule has 0 amide bonds. The molecule has 13 heteroatoms. The van der Waals surface area contributed by atoms with Crippen molar-refractivity contribution in [3.05, 3.63) is 28.2 Å². The highest BCUT2D eigenvalue weighted by Crippen LogP contribution is 2.31. The number of rotatable bonds is 5. The number of piperidine rings is 1. The third-order valence-electron chi connectivity index (χ3n) is 6.11. The van der Waals surface area contributed by atoms with Crippen LogP contribution in [0.15, 0.2) is 17.1 Å². The maximum Gasteiger partial charge on any atom is 0.404 e. The molecule has 0 spiro atoms. The fraction of sp³-hybridized carbons (Fsp3) is 0.600. The average molecular weight is 485 g/mol. The summed E-state index contributed by atoms with van der Waals surface area (Å²) in [6.07, 6.45) is 0.946. The minimum Gasteiger partial charge on any atom is -0.351 e. The zero-order valence-corrected chi connectivity index (χ0v) is 18.5. The summed E-state index contributed by atoms with van der Waals surface area (Å²) in [7, 11) is -4.41. The predicted octanol–water partition coefficient (Wildman–Crippen LogP) is 2.55. The van der Waals surface area contributed by atoms with E-state index in [1.165, 1.54) is 12.3 Å². The van der Waals surface area contributed by atoms with Gasteiger partial charge in [-0.05, 0) is 31.7 Å². The van der Waals surface area contributed by atoms with Gasteiger partial charge in [0.15, 0.2) is 5.75 Å². The van der Waals surface area contributed by atoms with Crippen LogP contribution < -0.4 is 10.9 Å². The molecule has 3 heterocycles. The summed E-state index contributed by atoms with van der Waals surface area (Å²) in [6, 6.07) is 3.13. The lowest BCUT2D eigenvalue weighted by Gasteiger charge is -2.31. The normalized spacial score (nSPS) is 19.1. The Morgan fingerprint density at radius 2 is 1.85 bits per heavy atom. The molecule has 178 valence electrons. The van der Waals surface area contributed by atoms with E-state index in [0.717, 1.165) is 30.0 Å². The zero-order chi connectivity index (χ0) is 23.8. The molecule has 0 bridgehead atoms. The molecule has 4 rings (SSSR count). The number of nitrogens with one attached hydrogen (secondary N) is 1. The molecule has 1 saturated carbocycles. The van der Waals surface area contributed by atoms with Gasteiger partial charge in [-0.1, -0.05) is 12.8 Å². The van der Waals surface area contributed by atoms with Crippen molar-refractivity contribution in [1.29, 1.82) is 5.26 Å². The van der Waals surface area contributed by atoms with Crippen LogP contribution in [0.2, 0.25) is 0 Å². The highest BCUT2D eigenvalue weighted by Gasteiger charge is 2.39. The van der Waals surface area contributed by atoms with Gasteiger partial charge in [0.2, 0.25) is 16.0 Å². The average Bonchev–Trinajstić information content (AvgIpc) is 3.26. The molecule has 0 aromatic carbocycles. The molecule has 2 aliphatic rings. The summed E-state index contributed by atoms with van der Waals surface area (Å²) in [4.78, 5) is 21.6. The van der Waals surface area contributed by atoms with Gasteiger partial charge in [-0.3, -0.25) is 9.36 Å². The molecule has 2 fully saturated rings. The molecule has 1 aliphatic carbocycles. The minimum atomic E-state index is -4.78. The number of halogens is 3. The SMILES string of the molecule is N#Cc1cc2cnc(NC3CCN(S(=O)(=O)CC(F)(F)F)CC3)nc2n(C2CCCC2)c1=O. The van der Waals surface area contributed by atoms with E-state index in [1.807, 2.05) is 6.07 Å². The minimum absolute atomic E-state index is 0.0335. The summed E-state index contributed by atoms with van der Waals surface area (Å²) in [5, 5.41) is 13.0. The Bertz CT molecular complexity index is 1240. The highest BCUT2D eigenvalue weighted by atomic mass is 32.2. The number of anilines is 1. The number of nitrogens with zero attached hydrogens (tertiary/aromatic N) is 5. The van der Waals surface area contributed by atoms with Crippen LogP contribution in [0, 0.1) is 11.3 Å². The van der Waals surface area contributed by atoms with E-state index in [9.17, 15) is 31.6 Å². The van der Waals surface area contributed by atoms with E-state index in [2.05, 4.69) is 15.3 Å². The smallest absolute Gasteiger partial charge is 0.351 e. The fourth-order valence-corrected chi connectivity index (χ4v) is 5.89. The highest BCUT2D eigenvalue weighted by molar-refractivity contribution is 7.89. The van der Waals surface area contributed by atoms with Gasteiger partial charge in [-0.25, -0.2) is 17.7 Å². The number of pyridine rings is 1. The van der Waals surface area contributed by atoms with Crippen LogP contribution >= 0.6 is 0 Å². The van der Waals surface area contributed by atoms with Gasteiger partial charge in [-0.2, -0.15) is 23.4 Å². The number of aromatic nitrogens is 3. The second kappa shape index (κ2) is 8.90. The predicted molar refractivity (Wildman–Crippen MR) is 114 cm³/mol. The zero-order valence-electron chi connectivity index (χ0n) is 17.7. The molecule has 9 nitrogen and oxygen atoms in total. The molecule has 33 heavy (non-hydrogen) atoms. The van der Waals surface area contributed by atoms with Crippen molar-refractivity contribution < 1.29 is 21.6 Å². The quantitative estimate of drug-likeness (QED) is 0.692. The number of hydrogen-bond donors (Lipinski definition) is 1. The standard InChI is InChI=1S/C20H23F3N6O3S/c21-20(22,23)12-33(31,32)28-7-5-15(6-8-28)26-19-25-11-14-9-13(10-24)18(30)29(17(14)27-19)16-3-1-2-4-16/h9,11,15-16H,1-8,12H2,(H,25,26,27). The van der Waals surface area contributed by atoms with Gasteiger partial charge < -0.3 is 5.32 Å². The third-order valence-corrected chi connectivity index (χ3v) is 7.95. The Balaban J connectivity index is 1.53. The molecule has 0 unspecified atom stereocenters. The van der Waals surface area contributed by atoms with Crippen molar-refractivity contribution in [2.75, 3.05) is 24.2 Å². The fourth-order valence-electron chi connectivity index (χ4n) is 4.53. The van der Waals surface area contributed by atoms with E-state index in [0.29, 0.717) is 23.9 Å². The first-order valence-electron chi connectivity index (χ1n) is 10.7. The second-order valence-electron chi connectivity index (χ2n) is 8.44. The molecule has 2 aromatic rings. The molecular weight excluding hydrogens is 461 g/mol. The molecule has 2 aromatic heterocycles. The van der Waals surface area contributed by atoms with Gasteiger partial charge in [0.05, 0.1) is 0 Å². The number of fused-ring (bicyclic) bond motifs is 1. The van der Waals surface area contributed by atoms with Gasteiger partial charge in [0.25, 0.3) is 5.56 Å². The Morgan fingerprint density at radius 1 is 1.18 bits per heavy atom. The maximum absolute atomic E-state index is 12.8. The molecule has 0 atom stereocenters. The van der Waals surface area contributed by atoms with E-state index in [1.54, 1.807) is 4.57 Å². The summed E-state index contributed by atoms with van der Waals surface area (Å²) in [5.41, 5.74) is 0.0736. The molecule has 1 aliphatic heterocycles. The van der Waals surface area contributed by atoms with E-state index < -0.39 is 22.0 Å². The lowest BCUT2D eigenvalue weighted by atomic mass is 10.1. The topological polar surface area (TPSA) is 121 Å². The van der Waals surface area contributed by atoms with Crippen LogP contribution in [0.5, 0.6) is 0 Å². The van der Waals surface area contributed by atoms with Crippen LogP contribution in [0.4, 0.5) is 19.1 Å².